The van der Waals surface area contributed by atoms with Crippen LogP contribution in [0, 0.1) is 0 Å². The van der Waals surface area contributed by atoms with Crippen LogP contribution < -0.4 is 9.05 Å². The van der Waals surface area contributed by atoms with E-state index in [-0.39, 0.29) is 32.7 Å². The van der Waals surface area contributed by atoms with Gasteiger partial charge < -0.3 is 13.9 Å². The Labute approximate surface area is 90.6 Å². The minimum absolute atomic E-state index is 0. The van der Waals surface area contributed by atoms with Crippen LogP contribution in [0.2, 0.25) is 0 Å². The van der Waals surface area contributed by atoms with E-state index in [1.165, 1.54) is 0 Å². The van der Waals surface area contributed by atoms with Crippen LogP contribution in [-0.4, -0.2) is 4.89 Å². The summed E-state index contributed by atoms with van der Waals surface area (Å²) in [6.45, 7) is 0. The van der Waals surface area contributed by atoms with Crippen molar-refractivity contribution in [1.29, 1.82) is 0 Å². The third kappa shape index (κ3) is 1.91. The topological polar surface area (TPSA) is 38.7 Å². The van der Waals surface area contributed by atoms with Crippen molar-refractivity contribution < 1.29 is 46.7 Å². The molecule has 0 bridgehead atoms. The number of rotatable bonds is 0. The van der Waals surface area contributed by atoms with Gasteiger partial charge in [0.1, 0.15) is 0 Å². The summed E-state index contributed by atoms with van der Waals surface area (Å²) in [6, 6.07) is 7.18. The summed E-state index contributed by atoms with van der Waals surface area (Å²) in [5.74, 6) is 1.24. The maximum Gasteiger partial charge on any atom is 0.460 e. The normalized spacial score (nSPS) is 14.3. The summed E-state index contributed by atoms with van der Waals surface area (Å²) >= 11 is 0. The van der Waals surface area contributed by atoms with Gasteiger partial charge >= 0.3 is 8.60 Å². The Hall–Kier alpha value is 0.314. The average Bonchev–Trinajstić information content (AvgIpc) is 2.27. The molecule has 3 nitrogen and oxygen atoms in total. The Bertz CT molecular complexity index is 230. The monoisotopic (exact) mass is 245 g/mol. The number of fused-ring (bicyclic) bond motifs is 1. The first-order chi connectivity index (χ1) is 4.86. The Kier molecular flexibility index (Phi) is 3.26. The standard InChI is InChI=1S/C6H5O3P.Y/c7-10-8-5-3-1-2-4-6(5)9-10;/h1-4,7H;. The molecule has 0 saturated carbocycles. The fourth-order valence-electron chi connectivity index (χ4n) is 0.788. The molecule has 1 aliphatic heterocycles. The van der Waals surface area contributed by atoms with Gasteiger partial charge in [-0.3, -0.25) is 0 Å². The molecule has 55 valence electrons. The summed E-state index contributed by atoms with van der Waals surface area (Å²) in [7, 11) is -1.69. The Morgan fingerprint density at radius 3 is 2.00 bits per heavy atom. The van der Waals surface area contributed by atoms with Crippen molar-refractivity contribution in [3.63, 3.8) is 0 Å². The second-order valence-electron chi connectivity index (χ2n) is 1.87. The third-order valence-electron chi connectivity index (χ3n) is 1.20. The minimum Gasteiger partial charge on any atom is -0.414 e. The van der Waals surface area contributed by atoms with Crippen LogP contribution >= 0.6 is 8.60 Å². The maximum atomic E-state index is 8.87. The molecule has 1 aromatic rings. The van der Waals surface area contributed by atoms with Crippen molar-refractivity contribution in [2.45, 2.75) is 0 Å². The van der Waals surface area contributed by atoms with Crippen molar-refractivity contribution >= 4 is 8.60 Å². The fourth-order valence-corrected chi connectivity index (χ4v) is 1.46. The van der Waals surface area contributed by atoms with E-state index in [0.717, 1.165) is 0 Å². The molecule has 0 fully saturated rings. The molecule has 1 N–H and O–H groups in total. The van der Waals surface area contributed by atoms with Gasteiger partial charge in [0.05, 0.1) is 0 Å². The summed E-state index contributed by atoms with van der Waals surface area (Å²) in [6.07, 6.45) is 0. The van der Waals surface area contributed by atoms with Gasteiger partial charge in [0.25, 0.3) is 0 Å². The number of hydrogen-bond donors (Lipinski definition) is 1. The van der Waals surface area contributed by atoms with Crippen LogP contribution in [0.1, 0.15) is 0 Å². The van der Waals surface area contributed by atoms with Crippen LogP contribution in [-0.2, 0) is 32.7 Å². The summed E-state index contributed by atoms with van der Waals surface area (Å²) in [5.41, 5.74) is 0. The second-order valence-corrected chi connectivity index (χ2v) is 2.71. The van der Waals surface area contributed by atoms with Gasteiger partial charge in [-0.25, -0.2) is 0 Å². The van der Waals surface area contributed by atoms with Crippen molar-refractivity contribution in [3.8, 4) is 11.5 Å². The predicted octanol–water partition coefficient (Wildman–Crippen LogP) is 1.67. The molecule has 2 rings (SSSR count). The van der Waals surface area contributed by atoms with Gasteiger partial charge in [0.15, 0.2) is 11.5 Å². The molecule has 5 heteroatoms. The van der Waals surface area contributed by atoms with Crippen LogP contribution in [0.4, 0.5) is 0 Å². The zero-order chi connectivity index (χ0) is 6.97. The van der Waals surface area contributed by atoms with Gasteiger partial charge in [0, 0.05) is 32.7 Å². The van der Waals surface area contributed by atoms with E-state index < -0.39 is 8.60 Å². The first-order valence-electron chi connectivity index (χ1n) is 2.80. The molecule has 1 heterocycles. The molecular formula is C6H5O3PY. The van der Waals surface area contributed by atoms with Crippen LogP contribution in [0.15, 0.2) is 24.3 Å². The molecule has 0 spiro atoms. The zero-order valence-corrected chi connectivity index (χ0v) is 9.33. The Balaban J connectivity index is 0.000000605. The van der Waals surface area contributed by atoms with E-state index in [2.05, 4.69) is 0 Å². The quantitative estimate of drug-likeness (QED) is 0.706. The number of para-hydroxylation sites is 2. The van der Waals surface area contributed by atoms with Crippen LogP contribution in [0.5, 0.6) is 11.5 Å². The molecule has 1 radical (unpaired) electrons. The molecule has 0 atom stereocenters. The largest absolute Gasteiger partial charge is 0.460 e. The third-order valence-corrected chi connectivity index (χ3v) is 1.91. The fraction of sp³-hybridized carbons (Fsp3) is 0. The smallest absolute Gasteiger partial charge is 0.414 e. The number of benzene rings is 1. The van der Waals surface area contributed by atoms with E-state index >= 15 is 0 Å². The summed E-state index contributed by atoms with van der Waals surface area (Å²) in [5, 5.41) is 0. The minimum atomic E-state index is -1.69. The van der Waals surface area contributed by atoms with Crippen molar-refractivity contribution in [3.05, 3.63) is 24.3 Å². The van der Waals surface area contributed by atoms with E-state index in [4.69, 9.17) is 13.9 Å². The van der Waals surface area contributed by atoms with E-state index in [0.29, 0.717) is 11.5 Å². The zero-order valence-electron chi connectivity index (χ0n) is 5.60. The van der Waals surface area contributed by atoms with Gasteiger partial charge in [-0.2, -0.15) is 0 Å². The molecule has 1 aliphatic rings. The maximum absolute atomic E-state index is 8.87. The predicted molar refractivity (Wildman–Crippen MR) is 36.8 cm³/mol. The van der Waals surface area contributed by atoms with Gasteiger partial charge in [-0.05, 0) is 12.1 Å². The van der Waals surface area contributed by atoms with Crippen molar-refractivity contribution in [2.75, 3.05) is 0 Å². The van der Waals surface area contributed by atoms with E-state index in [1.54, 1.807) is 12.1 Å². The molecule has 0 aliphatic carbocycles. The molecule has 1 aromatic carbocycles. The van der Waals surface area contributed by atoms with Crippen molar-refractivity contribution in [1.82, 2.24) is 0 Å². The van der Waals surface area contributed by atoms with E-state index in [9.17, 15) is 0 Å². The second kappa shape index (κ2) is 3.82. The summed E-state index contributed by atoms with van der Waals surface area (Å²) in [4.78, 5) is 8.87. The van der Waals surface area contributed by atoms with E-state index in [1.807, 2.05) is 12.1 Å². The summed E-state index contributed by atoms with van der Waals surface area (Å²) < 4.78 is 9.81. The molecule has 0 saturated heterocycles. The Morgan fingerprint density at radius 2 is 1.55 bits per heavy atom. The molecule has 0 amide bonds. The van der Waals surface area contributed by atoms with Gasteiger partial charge in [-0.1, -0.05) is 12.1 Å². The van der Waals surface area contributed by atoms with Crippen LogP contribution in [0.25, 0.3) is 0 Å². The van der Waals surface area contributed by atoms with Gasteiger partial charge in [-0.15, -0.1) is 0 Å². The number of hydrogen-bond acceptors (Lipinski definition) is 3. The van der Waals surface area contributed by atoms with Gasteiger partial charge in [0.2, 0.25) is 0 Å². The average molecular weight is 245 g/mol. The first-order valence-corrected chi connectivity index (χ1v) is 3.93. The SMILES string of the molecule is OP1Oc2ccccc2O1.[Y]. The first kappa shape index (κ1) is 9.40. The molecule has 11 heavy (non-hydrogen) atoms. The molecule has 0 unspecified atom stereocenters. The Morgan fingerprint density at radius 1 is 1.09 bits per heavy atom. The molecular weight excluding hydrogens is 240 g/mol. The van der Waals surface area contributed by atoms with Crippen LogP contribution in [0.3, 0.4) is 0 Å². The molecule has 0 aromatic heterocycles. The van der Waals surface area contributed by atoms with Crippen molar-refractivity contribution in [2.24, 2.45) is 0 Å².